The lowest BCUT2D eigenvalue weighted by molar-refractivity contribution is -0.124. The number of aryl methyl sites for hydroxylation is 1. The molecule has 0 aliphatic rings. The molecule has 0 radical (unpaired) electrons. The zero-order valence-electron chi connectivity index (χ0n) is 12.7. The Labute approximate surface area is 145 Å². The van der Waals surface area contributed by atoms with Gasteiger partial charge in [-0.3, -0.25) is 4.79 Å². The van der Waals surface area contributed by atoms with E-state index in [9.17, 15) is 18.4 Å². The van der Waals surface area contributed by atoms with E-state index in [-0.39, 0.29) is 17.9 Å². The molecule has 24 heavy (non-hydrogen) atoms. The van der Waals surface area contributed by atoms with E-state index in [1.165, 1.54) is 18.2 Å². The first-order chi connectivity index (χ1) is 11.4. The van der Waals surface area contributed by atoms with E-state index in [0.717, 1.165) is 6.07 Å². The van der Waals surface area contributed by atoms with Crippen LogP contribution in [0.5, 0.6) is 0 Å². The third-order valence-electron chi connectivity index (χ3n) is 3.21. The molecular weight excluding hydrogens is 384 g/mol. The molecule has 0 heterocycles. The first-order valence-electron chi connectivity index (χ1n) is 7.00. The molecule has 126 valence electrons. The predicted molar refractivity (Wildman–Crippen MR) is 87.4 cm³/mol. The molecule has 2 rings (SSSR count). The van der Waals surface area contributed by atoms with Crippen LogP contribution >= 0.6 is 15.9 Å². The molecule has 7 heteroatoms. The van der Waals surface area contributed by atoms with Crippen molar-refractivity contribution in [2.45, 2.75) is 13.5 Å². The van der Waals surface area contributed by atoms with Crippen LogP contribution in [0.25, 0.3) is 0 Å². The summed E-state index contributed by atoms with van der Waals surface area (Å²) in [7, 11) is 0. The summed E-state index contributed by atoms with van der Waals surface area (Å²) in [4.78, 5) is 23.4. The summed E-state index contributed by atoms with van der Waals surface area (Å²) < 4.78 is 32.2. The molecule has 0 fully saturated rings. The van der Waals surface area contributed by atoms with Crippen molar-refractivity contribution in [1.82, 2.24) is 5.32 Å². The van der Waals surface area contributed by atoms with E-state index in [1.54, 1.807) is 19.1 Å². The van der Waals surface area contributed by atoms with Gasteiger partial charge < -0.3 is 10.1 Å². The second-order valence-electron chi connectivity index (χ2n) is 5.06. The van der Waals surface area contributed by atoms with Gasteiger partial charge in [0.05, 0.1) is 5.56 Å². The smallest absolute Gasteiger partial charge is 0.341 e. The Morgan fingerprint density at radius 1 is 1.12 bits per heavy atom. The highest BCUT2D eigenvalue weighted by molar-refractivity contribution is 9.10. The summed E-state index contributed by atoms with van der Waals surface area (Å²) >= 11 is 3.08. The van der Waals surface area contributed by atoms with Crippen molar-refractivity contribution in [3.63, 3.8) is 0 Å². The standard InChI is InChI=1S/C17H14BrF2NO3/c1-10-2-3-11(6-14(10)19)8-21-16(22)9-24-17(23)13-5-4-12(18)7-15(13)20/h2-7H,8-9H2,1H3,(H,21,22). The number of esters is 1. The van der Waals surface area contributed by atoms with Gasteiger partial charge in [-0.2, -0.15) is 0 Å². The van der Waals surface area contributed by atoms with Gasteiger partial charge >= 0.3 is 5.97 Å². The van der Waals surface area contributed by atoms with Crippen LogP contribution < -0.4 is 5.32 Å². The molecule has 2 aromatic carbocycles. The van der Waals surface area contributed by atoms with Crippen LogP contribution in [0.15, 0.2) is 40.9 Å². The van der Waals surface area contributed by atoms with Crippen LogP contribution in [0.3, 0.4) is 0 Å². The minimum absolute atomic E-state index is 0.0974. The van der Waals surface area contributed by atoms with Gasteiger partial charge in [-0.25, -0.2) is 13.6 Å². The summed E-state index contributed by atoms with van der Waals surface area (Å²) in [5.74, 6) is -2.61. The second-order valence-corrected chi connectivity index (χ2v) is 5.98. The van der Waals surface area contributed by atoms with Crippen molar-refractivity contribution < 1.29 is 23.1 Å². The summed E-state index contributed by atoms with van der Waals surface area (Å²) in [5.41, 5.74) is 0.832. The second kappa shape index (κ2) is 8.01. The average molecular weight is 398 g/mol. The van der Waals surface area contributed by atoms with Crippen LogP contribution in [0.4, 0.5) is 8.78 Å². The molecule has 0 bridgehead atoms. The van der Waals surface area contributed by atoms with Crippen molar-refractivity contribution in [1.29, 1.82) is 0 Å². The number of hydrogen-bond acceptors (Lipinski definition) is 3. The van der Waals surface area contributed by atoms with E-state index >= 15 is 0 Å². The Morgan fingerprint density at radius 3 is 2.54 bits per heavy atom. The van der Waals surface area contributed by atoms with Crippen LogP contribution in [0, 0.1) is 18.6 Å². The van der Waals surface area contributed by atoms with Gasteiger partial charge in [-0.1, -0.05) is 28.1 Å². The van der Waals surface area contributed by atoms with Crippen LogP contribution in [-0.2, 0) is 16.1 Å². The molecular formula is C17H14BrF2NO3. The van der Waals surface area contributed by atoms with E-state index in [2.05, 4.69) is 21.2 Å². The van der Waals surface area contributed by atoms with E-state index in [4.69, 9.17) is 4.74 Å². The van der Waals surface area contributed by atoms with Gasteiger partial charge in [0, 0.05) is 11.0 Å². The molecule has 1 amide bonds. The largest absolute Gasteiger partial charge is 0.452 e. The van der Waals surface area contributed by atoms with E-state index in [0.29, 0.717) is 15.6 Å². The first kappa shape index (κ1) is 18.1. The van der Waals surface area contributed by atoms with Crippen molar-refractivity contribution >= 4 is 27.8 Å². The number of rotatable bonds is 5. The first-order valence-corrected chi connectivity index (χ1v) is 7.80. The summed E-state index contributed by atoms with van der Waals surface area (Å²) in [6, 6.07) is 8.48. The third-order valence-corrected chi connectivity index (χ3v) is 3.70. The summed E-state index contributed by atoms with van der Waals surface area (Å²) in [5, 5.41) is 2.49. The molecule has 0 aliphatic heterocycles. The summed E-state index contributed by atoms with van der Waals surface area (Å²) in [6.45, 7) is 1.18. The molecule has 0 atom stereocenters. The fourth-order valence-corrected chi connectivity index (χ4v) is 2.20. The molecule has 0 spiro atoms. The minimum atomic E-state index is -0.934. The number of carbonyl (C=O) groups is 2. The van der Waals surface area contributed by atoms with Gasteiger partial charge in [0.2, 0.25) is 0 Å². The highest BCUT2D eigenvalue weighted by atomic mass is 79.9. The molecule has 0 saturated carbocycles. The fourth-order valence-electron chi connectivity index (χ4n) is 1.86. The zero-order valence-corrected chi connectivity index (χ0v) is 14.3. The van der Waals surface area contributed by atoms with Gasteiger partial charge in [0.15, 0.2) is 6.61 Å². The molecule has 0 saturated heterocycles. The maximum absolute atomic E-state index is 13.6. The molecule has 0 unspecified atom stereocenters. The van der Waals surface area contributed by atoms with Crippen LogP contribution in [-0.4, -0.2) is 18.5 Å². The van der Waals surface area contributed by atoms with E-state index < -0.39 is 24.3 Å². The van der Waals surface area contributed by atoms with Crippen molar-refractivity contribution in [2.24, 2.45) is 0 Å². The topological polar surface area (TPSA) is 55.4 Å². The van der Waals surface area contributed by atoms with Crippen molar-refractivity contribution in [3.8, 4) is 0 Å². The Morgan fingerprint density at radius 2 is 1.88 bits per heavy atom. The minimum Gasteiger partial charge on any atom is -0.452 e. The number of amides is 1. The van der Waals surface area contributed by atoms with Crippen molar-refractivity contribution in [3.05, 3.63) is 69.2 Å². The maximum Gasteiger partial charge on any atom is 0.341 e. The molecule has 0 aromatic heterocycles. The number of hydrogen-bond donors (Lipinski definition) is 1. The number of carbonyl (C=O) groups excluding carboxylic acids is 2. The van der Waals surface area contributed by atoms with Crippen molar-refractivity contribution in [2.75, 3.05) is 6.61 Å². The van der Waals surface area contributed by atoms with Gasteiger partial charge in [-0.15, -0.1) is 0 Å². The average Bonchev–Trinajstić information content (AvgIpc) is 2.53. The summed E-state index contributed by atoms with van der Waals surface area (Å²) in [6.07, 6.45) is 0. The van der Waals surface area contributed by atoms with Gasteiger partial charge in [-0.05, 0) is 42.3 Å². The lowest BCUT2D eigenvalue weighted by atomic mass is 10.1. The normalized spacial score (nSPS) is 10.3. The Kier molecular flexibility index (Phi) is 6.03. The van der Waals surface area contributed by atoms with Crippen LogP contribution in [0.1, 0.15) is 21.5 Å². The fraction of sp³-hybridized carbons (Fsp3) is 0.176. The van der Waals surface area contributed by atoms with Gasteiger partial charge in [0.1, 0.15) is 11.6 Å². The Bertz CT molecular complexity index is 780. The predicted octanol–water partition coefficient (Wildman–Crippen LogP) is 3.51. The highest BCUT2D eigenvalue weighted by Gasteiger charge is 2.15. The molecule has 1 N–H and O–H groups in total. The lowest BCUT2D eigenvalue weighted by Crippen LogP contribution is -2.28. The molecule has 2 aromatic rings. The zero-order chi connectivity index (χ0) is 17.7. The number of nitrogens with one attached hydrogen (secondary N) is 1. The Hall–Kier alpha value is -2.28. The van der Waals surface area contributed by atoms with Crippen LogP contribution in [0.2, 0.25) is 0 Å². The number of halogens is 3. The molecule has 4 nitrogen and oxygen atoms in total. The van der Waals surface area contributed by atoms with Gasteiger partial charge in [0.25, 0.3) is 5.91 Å². The monoisotopic (exact) mass is 397 g/mol. The quantitative estimate of drug-likeness (QED) is 0.785. The van der Waals surface area contributed by atoms with E-state index in [1.807, 2.05) is 0 Å². The Balaban J connectivity index is 1.84. The maximum atomic E-state index is 13.6. The lowest BCUT2D eigenvalue weighted by Gasteiger charge is -2.08. The number of ether oxygens (including phenoxy) is 1. The third kappa shape index (κ3) is 4.86. The number of benzene rings is 2. The SMILES string of the molecule is Cc1ccc(CNC(=O)COC(=O)c2ccc(Br)cc2F)cc1F. The highest BCUT2D eigenvalue weighted by Crippen LogP contribution is 2.16. The molecule has 0 aliphatic carbocycles.